The SMILES string of the molecule is Cc1cccc(Nc2cc(-c3cccc(OC(F)(F)F)c3)nc(N[C@@H](CO)C(C)C)n2)c1C. The van der Waals surface area contributed by atoms with Gasteiger partial charge in [0.1, 0.15) is 11.6 Å². The Labute approximate surface area is 190 Å². The first-order chi connectivity index (χ1) is 15.6. The van der Waals surface area contributed by atoms with Gasteiger partial charge < -0.3 is 20.5 Å². The molecule has 6 nitrogen and oxygen atoms in total. The molecule has 0 aliphatic carbocycles. The van der Waals surface area contributed by atoms with E-state index in [9.17, 15) is 18.3 Å². The second-order valence-electron chi connectivity index (χ2n) is 8.09. The average Bonchev–Trinajstić information content (AvgIpc) is 2.74. The van der Waals surface area contributed by atoms with Gasteiger partial charge in [0, 0.05) is 17.3 Å². The fourth-order valence-electron chi connectivity index (χ4n) is 3.19. The molecule has 176 valence electrons. The highest BCUT2D eigenvalue weighted by Gasteiger charge is 2.31. The van der Waals surface area contributed by atoms with E-state index in [1.807, 2.05) is 45.9 Å². The summed E-state index contributed by atoms with van der Waals surface area (Å²) in [6, 6.07) is 12.8. The van der Waals surface area contributed by atoms with E-state index in [0.717, 1.165) is 16.8 Å². The summed E-state index contributed by atoms with van der Waals surface area (Å²) in [6.45, 7) is 7.76. The molecule has 33 heavy (non-hydrogen) atoms. The van der Waals surface area contributed by atoms with Crippen LogP contribution in [0, 0.1) is 19.8 Å². The Hall–Kier alpha value is -3.33. The van der Waals surface area contributed by atoms with Crippen molar-refractivity contribution in [2.75, 3.05) is 17.2 Å². The predicted molar refractivity (Wildman–Crippen MR) is 123 cm³/mol. The van der Waals surface area contributed by atoms with Crippen molar-refractivity contribution < 1.29 is 23.0 Å². The van der Waals surface area contributed by atoms with Crippen LogP contribution in [0.4, 0.5) is 30.6 Å². The minimum atomic E-state index is -4.79. The van der Waals surface area contributed by atoms with Gasteiger partial charge in [-0.2, -0.15) is 4.98 Å². The Balaban J connectivity index is 2.03. The third kappa shape index (κ3) is 6.58. The van der Waals surface area contributed by atoms with Crippen molar-refractivity contribution in [1.82, 2.24) is 9.97 Å². The molecular formula is C24H27F3N4O2. The van der Waals surface area contributed by atoms with Crippen LogP contribution in [0.2, 0.25) is 0 Å². The van der Waals surface area contributed by atoms with E-state index in [1.165, 1.54) is 18.2 Å². The van der Waals surface area contributed by atoms with Crippen molar-refractivity contribution >= 4 is 17.5 Å². The number of anilines is 3. The molecule has 3 aromatic rings. The molecular weight excluding hydrogens is 433 g/mol. The minimum absolute atomic E-state index is 0.0983. The first-order valence-corrected chi connectivity index (χ1v) is 10.5. The van der Waals surface area contributed by atoms with Gasteiger partial charge in [-0.05, 0) is 49.1 Å². The number of rotatable bonds is 8. The van der Waals surface area contributed by atoms with Crippen molar-refractivity contribution in [3.05, 3.63) is 59.7 Å². The molecule has 1 atom stereocenters. The Morgan fingerprint density at radius 3 is 2.42 bits per heavy atom. The van der Waals surface area contributed by atoms with Crippen LogP contribution >= 0.6 is 0 Å². The third-order valence-corrected chi connectivity index (χ3v) is 5.27. The van der Waals surface area contributed by atoms with Crippen LogP contribution in [0.25, 0.3) is 11.3 Å². The standard InChI is InChI=1S/C24H27F3N4O2/c1-14(2)21(13-32)30-23-29-20(17-8-6-9-18(11-17)33-24(25,26)27)12-22(31-23)28-19-10-5-7-15(3)16(19)4/h5-12,14,21,32H,13H2,1-4H3,(H2,28,29,30,31)/t21-/m0/s1. The summed E-state index contributed by atoms with van der Waals surface area (Å²) in [5.74, 6) is 0.461. The number of hydrogen-bond donors (Lipinski definition) is 3. The van der Waals surface area contributed by atoms with Gasteiger partial charge in [0.25, 0.3) is 0 Å². The van der Waals surface area contributed by atoms with Crippen molar-refractivity contribution in [2.45, 2.75) is 40.1 Å². The van der Waals surface area contributed by atoms with Gasteiger partial charge in [-0.3, -0.25) is 0 Å². The number of aromatic nitrogens is 2. The zero-order valence-corrected chi connectivity index (χ0v) is 18.9. The van der Waals surface area contributed by atoms with Crippen LogP contribution in [-0.2, 0) is 0 Å². The van der Waals surface area contributed by atoms with E-state index in [0.29, 0.717) is 17.1 Å². The summed E-state index contributed by atoms with van der Waals surface area (Å²) < 4.78 is 42.1. The van der Waals surface area contributed by atoms with Crippen LogP contribution < -0.4 is 15.4 Å². The largest absolute Gasteiger partial charge is 0.573 e. The molecule has 0 radical (unpaired) electrons. The van der Waals surface area contributed by atoms with Crippen LogP contribution in [0.3, 0.4) is 0 Å². The van der Waals surface area contributed by atoms with Crippen molar-refractivity contribution in [3.8, 4) is 17.0 Å². The molecule has 3 N–H and O–H groups in total. The van der Waals surface area contributed by atoms with E-state index in [2.05, 4.69) is 25.3 Å². The third-order valence-electron chi connectivity index (χ3n) is 5.27. The molecule has 1 aromatic heterocycles. The number of aryl methyl sites for hydroxylation is 1. The van der Waals surface area contributed by atoms with E-state index in [-0.39, 0.29) is 30.3 Å². The highest BCUT2D eigenvalue weighted by Crippen LogP contribution is 2.30. The maximum atomic E-state index is 12.7. The Kier molecular flexibility index (Phi) is 7.43. The Morgan fingerprint density at radius 2 is 1.76 bits per heavy atom. The van der Waals surface area contributed by atoms with Crippen molar-refractivity contribution in [2.24, 2.45) is 5.92 Å². The fraction of sp³-hybridized carbons (Fsp3) is 0.333. The number of hydrogen-bond acceptors (Lipinski definition) is 6. The monoisotopic (exact) mass is 460 g/mol. The number of nitrogens with one attached hydrogen (secondary N) is 2. The minimum Gasteiger partial charge on any atom is -0.406 e. The molecule has 0 aliphatic heterocycles. The van der Waals surface area contributed by atoms with E-state index in [1.54, 1.807) is 12.1 Å². The van der Waals surface area contributed by atoms with Gasteiger partial charge in [0.05, 0.1) is 18.3 Å². The van der Waals surface area contributed by atoms with Gasteiger partial charge in [-0.1, -0.05) is 38.1 Å². The summed E-state index contributed by atoms with van der Waals surface area (Å²) >= 11 is 0. The average molecular weight is 461 g/mol. The zero-order valence-electron chi connectivity index (χ0n) is 18.9. The number of aliphatic hydroxyl groups excluding tert-OH is 1. The molecule has 0 fully saturated rings. The Bertz CT molecular complexity index is 1100. The molecule has 0 spiro atoms. The molecule has 9 heteroatoms. The second-order valence-corrected chi connectivity index (χ2v) is 8.09. The van der Waals surface area contributed by atoms with Crippen LogP contribution in [0.15, 0.2) is 48.5 Å². The maximum Gasteiger partial charge on any atom is 0.573 e. The number of benzene rings is 2. The molecule has 0 bridgehead atoms. The number of alkyl halides is 3. The summed E-state index contributed by atoms with van der Waals surface area (Å²) in [5.41, 5.74) is 3.82. The van der Waals surface area contributed by atoms with Gasteiger partial charge in [-0.15, -0.1) is 13.2 Å². The molecule has 0 unspecified atom stereocenters. The summed E-state index contributed by atoms with van der Waals surface area (Å²) in [7, 11) is 0. The van der Waals surface area contributed by atoms with E-state index < -0.39 is 6.36 Å². The van der Waals surface area contributed by atoms with E-state index >= 15 is 0 Å². The molecule has 1 heterocycles. The lowest BCUT2D eigenvalue weighted by Crippen LogP contribution is -2.30. The van der Waals surface area contributed by atoms with Crippen molar-refractivity contribution in [1.29, 1.82) is 0 Å². The van der Waals surface area contributed by atoms with Crippen LogP contribution in [-0.4, -0.2) is 34.1 Å². The second kappa shape index (κ2) is 10.1. The summed E-state index contributed by atoms with van der Waals surface area (Å²) in [5, 5.41) is 16.1. The maximum absolute atomic E-state index is 12.7. The van der Waals surface area contributed by atoms with Gasteiger partial charge in [0.15, 0.2) is 0 Å². The van der Waals surface area contributed by atoms with Gasteiger partial charge in [0.2, 0.25) is 5.95 Å². The number of aliphatic hydroxyl groups is 1. The van der Waals surface area contributed by atoms with Gasteiger partial charge in [-0.25, -0.2) is 4.98 Å². The first kappa shape index (κ1) is 24.3. The lowest BCUT2D eigenvalue weighted by atomic mass is 10.1. The smallest absolute Gasteiger partial charge is 0.406 e. The molecule has 0 saturated carbocycles. The van der Waals surface area contributed by atoms with E-state index in [4.69, 9.17) is 0 Å². The lowest BCUT2D eigenvalue weighted by molar-refractivity contribution is -0.274. The predicted octanol–water partition coefficient (Wildman–Crippen LogP) is 5.83. The number of ether oxygens (including phenoxy) is 1. The van der Waals surface area contributed by atoms with Crippen LogP contribution in [0.5, 0.6) is 5.75 Å². The van der Waals surface area contributed by atoms with Crippen molar-refractivity contribution in [3.63, 3.8) is 0 Å². The Morgan fingerprint density at radius 1 is 1.03 bits per heavy atom. The number of nitrogens with zero attached hydrogens (tertiary/aromatic N) is 2. The first-order valence-electron chi connectivity index (χ1n) is 10.5. The normalized spacial score (nSPS) is 12.5. The summed E-state index contributed by atoms with van der Waals surface area (Å²) in [6.07, 6.45) is -4.79. The fourth-order valence-corrected chi connectivity index (χ4v) is 3.19. The molecule has 2 aromatic carbocycles. The highest BCUT2D eigenvalue weighted by molar-refractivity contribution is 5.69. The van der Waals surface area contributed by atoms with Gasteiger partial charge >= 0.3 is 6.36 Å². The van der Waals surface area contributed by atoms with Crippen LogP contribution in [0.1, 0.15) is 25.0 Å². The quantitative estimate of drug-likeness (QED) is 0.392. The molecule has 3 rings (SSSR count). The summed E-state index contributed by atoms with van der Waals surface area (Å²) in [4.78, 5) is 9.00. The molecule has 0 saturated heterocycles. The molecule has 0 amide bonds. The highest BCUT2D eigenvalue weighted by atomic mass is 19.4. The number of halogens is 3. The zero-order chi connectivity index (χ0) is 24.2. The lowest BCUT2D eigenvalue weighted by Gasteiger charge is -2.21. The molecule has 0 aliphatic rings. The topological polar surface area (TPSA) is 79.3 Å².